The fourth-order valence-electron chi connectivity index (χ4n) is 3.06. The maximum absolute atomic E-state index is 13.4. The quantitative estimate of drug-likeness (QED) is 0.199. The molecule has 0 spiro atoms. The molecule has 0 unspecified atom stereocenters. The second kappa shape index (κ2) is 14.1. The molecule has 3 aromatic rings. The first-order valence-electron chi connectivity index (χ1n) is 11.3. The molecular weight excluding hydrogens is 485 g/mol. The molecule has 9 nitrogen and oxygen atoms in total. The van der Waals surface area contributed by atoms with Crippen molar-refractivity contribution in [2.24, 2.45) is 5.73 Å². The predicted octanol–water partition coefficient (Wildman–Crippen LogP) is 4.16. The van der Waals surface area contributed by atoms with Crippen LogP contribution in [-0.2, 0) is 9.53 Å². The van der Waals surface area contributed by atoms with Crippen molar-refractivity contribution in [1.82, 2.24) is 14.9 Å². The topological polar surface area (TPSA) is 117 Å². The number of aromatic nitrogens is 2. The van der Waals surface area contributed by atoms with Gasteiger partial charge >= 0.3 is 0 Å². The minimum Gasteiger partial charge on any atom is -0.379 e. The molecule has 0 saturated carbocycles. The van der Waals surface area contributed by atoms with Gasteiger partial charge in [0.1, 0.15) is 23.8 Å². The molecule has 5 N–H and O–H groups in total. The SMILES string of the molecule is CN(C/C=C/C(=O)Nc1cccc(Nc2cc(Nc3ccc(F)c(Cl)c3)ncn2)c1)CCOCCN. The molecule has 2 aromatic carbocycles. The number of likely N-dealkylation sites (N-methyl/N-ethyl adjacent to an activating group) is 1. The molecule has 0 saturated heterocycles. The van der Waals surface area contributed by atoms with Crippen molar-refractivity contribution in [1.29, 1.82) is 0 Å². The number of halogens is 2. The number of nitrogens with one attached hydrogen (secondary N) is 3. The Labute approximate surface area is 214 Å². The molecular formula is C25H29ClFN7O2. The molecule has 3 rings (SSSR count). The molecule has 0 atom stereocenters. The summed E-state index contributed by atoms with van der Waals surface area (Å²) in [4.78, 5) is 22.7. The van der Waals surface area contributed by atoms with E-state index in [1.54, 1.807) is 30.3 Å². The highest BCUT2D eigenvalue weighted by molar-refractivity contribution is 6.31. The summed E-state index contributed by atoms with van der Waals surface area (Å²) in [6.07, 6.45) is 4.69. The van der Waals surface area contributed by atoms with E-state index < -0.39 is 5.82 Å². The monoisotopic (exact) mass is 513 g/mol. The van der Waals surface area contributed by atoms with E-state index in [2.05, 4.69) is 25.9 Å². The number of hydrogen-bond donors (Lipinski definition) is 4. The summed E-state index contributed by atoms with van der Waals surface area (Å²) in [5, 5.41) is 9.09. The zero-order chi connectivity index (χ0) is 25.8. The smallest absolute Gasteiger partial charge is 0.248 e. The van der Waals surface area contributed by atoms with E-state index in [0.717, 1.165) is 12.2 Å². The number of benzene rings is 2. The molecule has 1 heterocycles. The van der Waals surface area contributed by atoms with E-state index in [9.17, 15) is 9.18 Å². The third-order valence-electron chi connectivity index (χ3n) is 4.83. The van der Waals surface area contributed by atoms with Gasteiger partial charge < -0.3 is 31.3 Å². The van der Waals surface area contributed by atoms with Gasteiger partial charge in [0, 0.05) is 48.8 Å². The average Bonchev–Trinajstić information content (AvgIpc) is 2.85. The van der Waals surface area contributed by atoms with Crippen molar-refractivity contribution in [3.63, 3.8) is 0 Å². The van der Waals surface area contributed by atoms with Crippen LogP contribution in [0.3, 0.4) is 0 Å². The van der Waals surface area contributed by atoms with Gasteiger partial charge in [0.2, 0.25) is 5.91 Å². The van der Waals surface area contributed by atoms with E-state index in [-0.39, 0.29) is 10.9 Å². The molecule has 0 radical (unpaired) electrons. The van der Waals surface area contributed by atoms with Gasteiger partial charge in [0.15, 0.2) is 0 Å². The number of amides is 1. The van der Waals surface area contributed by atoms with Gasteiger partial charge in [-0.1, -0.05) is 23.7 Å². The summed E-state index contributed by atoms with van der Waals surface area (Å²) in [7, 11) is 1.95. The highest BCUT2D eigenvalue weighted by Gasteiger charge is 2.05. The van der Waals surface area contributed by atoms with Gasteiger partial charge in [-0.2, -0.15) is 0 Å². The number of rotatable bonds is 13. The maximum Gasteiger partial charge on any atom is 0.248 e. The van der Waals surface area contributed by atoms with Crippen molar-refractivity contribution in [3.05, 3.63) is 77.9 Å². The van der Waals surface area contributed by atoms with Crippen LogP contribution >= 0.6 is 11.6 Å². The van der Waals surface area contributed by atoms with E-state index >= 15 is 0 Å². The second-order valence-electron chi connectivity index (χ2n) is 7.80. The van der Waals surface area contributed by atoms with Crippen LogP contribution in [0.15, 0.2) is 67.0 Å². The first-order valence-corrected chi connectivity index (χ1v) is 11.7. The molecule has 11 heteroatoms. The van der Waals surface area contributed by atoms with Gasteiger partial charge in [-0.3, -0.25) is 4.79 Å². The normalized spacial score (nSPS) is 11.1. The number of ether oxygens (including phenoxy) is 1. The lowest BCUT2D eigenvalue weighted by Crippen LogP contribution is -2.24. The predicted molar refractivity (Wildman–Crippen MR) is 142 cm³/mol. The molecule has 36 heavy (non-hydrogen) atoms. The average molecular weight is 514 g/mol. The van der Waals surface area contributed by atoms with E-state index in [4.69, 9.17) is 22.1 Å². The fourth-order valence-corrected chi connectivity index (χ4v) is 3.24. The maximum atomic E-state index is 13.4. The molecule has 190 valence electrons. The molecule has 1 aromatic heterocycles. The van der Waals surface area contributed by atoms with Crippen LogP contribution in [0, 0.1) is 5.82 Å². The summed E-state index contributed by atoms with van der Waals surface area (Å²) in [5.74, 6) is 0.306. The summed E-state index contributed by atoms with van der Waals surface area (Å²) >= 11 is 5.83. The zero-order valence-corrected chi connectivity index (χ0v) is 20.6. The Kier molecular flexibility index (Phi) is 10.6. The summed E-state index contributed by atoms with van der Waals surface area (Å²) in [6.45, 7) is 3.01. The summed E-state index contributed by atoms with van der Waals surface area (Å²) in [5.41, 5.74) is 7.34. The zero-order valence-electron chi connectivity index (χ0n) is 19.9. The second-order valence-corrected chi connectivity index (χ2v) is 8.21. The van der Waals surface area contributed by atoms with Crippen LogP contribution in [0.5, 0.6) is 0 Å². The molecule has 1 amide bonds. The summed E-state index contributed by atoms with van der Waals surface area (Å²) < 4.78 is 18.7. The lowest BCUT2D eigenvalue weighted by atomic mass is 10.2. The van der Waals surface area contributed by atoms with Gasteiger partial charge in [-0.25, -0.2) is 14.4 Å². The Morgan fingerprint density at radius 3 is 2.53 bits per heavy atom. The third-order valence-corrected chi connectivity index (χ3v) is 5.12. The highest BCUT2D eigenvalue weighted by atomic mass is 35.5. The lowest BCUT2D eigenvalue weighted by Gasteiger charge is -2.14. The first kappa shape index (κ1) is 27.0. The number of carbonyl (C=O) groups is 1. The minimum atomic E-state index is -0.494. The van der Waals surface area contributed by atoms with E-state index in [0.29, 0.717) is 49.3 Å². The van der Waals surface area contributed by atoms with Crippen molar-refractivity contribution in [2.45, 2.75) is 0 Å². The highest BCUT2D eigenvalue weighted by Crippen LogP contribution is 2.24. The third kappa shape index (κ3) is 9.23. The lowest BCUT2D eigenvalue weighted by molar-refractivity contribution is -0.111. The Morgan fingerprint density at radius 2 is 1.81 bits per heavy atom. The number of nitrogens with two attached hydrogens (primary N) is 1. The van der Waals surface area contributed by atoms with Crippen LogP contribution in [-0.4, -0.2) is 60.7 Å². The van der Waals surface area contributed by atoms with Crippen molar-refractivity contribution >= 4 is 46.2 Å². The van der Waals surface area contributed by atoms with Gasteiger partial charge in [0.25, 0.3) is 0 Å². The standard InChI is InChI=1S/C25H29ClFN7O2/c1-34(11-13-36-12-9-28)10-3-6-25(35)33-19-5-2-4-18(14-19)31-23-16-24(30-17-29-23)32-20-7-8-22(27)21(26)15-20/h2-8,14-17H,9-13,28H2,1H3,(H,33,35)(H2,29,30,31,32)/b6-3+. The van der Waals surface area contributed by atoms with Gasteiger partial charge in [0.05, 0.1) is 18.2 Å². The van der Waals surface area contributed by atoms with E-state index in [1.807, 2.05) is 24.1 Å². The van der Waals surface area contributed by atoms with Crippen LogP contribution < -0.4 is 21.7 Å². The Hall–Kier alpha value is -3.57. The van der Waals surface area contributed by atoms with Crippen LogP contribution in [0.1, 0.15) is 0 Å². The van der Waals surface area contributed by atoms with Gasteiger partial charge in [-0.15, -0.1) is 0 Å². The van der Waals surface area contributed by atoms with Crippen molar-refractivity contribution in [2.75, 3.05) is 55.8 Å². The number of carbonyl (C=O) groups excluding carboxylic acids is 1. The Bertz CT molecular complexity index is 1180. The first-order chi connectivity index (χ1) is 17.4. The molecule has 0 aliphatic rings. The van der Waals surface area contributed by atoms with Crippen molar-refractivity contribution < 1.29 is 13.9 Å². The number of nitrogens with zero attached hydrogens (tertiary/aromatic N) is 3. The van der Waals surface area contributed by atoms with Crippen LogP contribution in [0.2, 0.25) is 5.02 Å². The van der Waals surface area contributed by atoms with Gasteiger partial charge in [-0.05, 0) is 43.4 Å². The molecule has 0 fully saturated rings. The van der Waals surface area contributed by atoms with E-state index in [1.165, 1.54) is 24.5 Å². The molecule has 0 bridgehead atoms. The Balaban J connectivity index is 1.52. The minimum absolute atomic E-state index is 0.0149. The summed E-state index contributed by atoms with van der Waals surface area (Å²) in [6, 6.07) is 13.3. The molecule has 0 aliphatic carbocycles. The van der Waals surface area contributed by atoms with Crippen LogP contribution in [0.4, 0.5) is 33.1 Å². The number of hydrogen-bond acceptors (Lipinski definition) is 8. The van der Waals surface area contributed by atoms with Crippen LogP contribution in [0.25, 0.3) is 0 Å². The molecule has 0 aliphatic heterocycles. The Morgan fingerprint density at radius 1 is 1.08 bits per heavy atom. The fraction of sp³-hybridized carbons (Fsp3) is 0.240. The van der Waals surface area contributed by atoms with Crippen molar-refractivity contribution in [3.8, 4) is 0 Å². The number of anilines is 5. The largest absolute Gasteiger partial charge is 0.379 e.